The third-order valence-electron chi connectivity index (χ3n) is 4.96. The maximum absolute atomic E-state index is 13.0. The average Bonchev–Trinajstić information content (AvgIpc) is 3.18. The summed E-state index contributed by atoms with van der Waals surface area (Å²) in [5.74, 6) is 0.0940. The van der Waals surface area contributed by atoms with Crippen molar-refractivity contribution in [3.05, 3.63) is 65.0 Å². The molecule has 3 heterocycles. The van der Waals surface area contributed by atoms with Crippen molar-refractivity contribution in [3.63, 3.8) is 0 Å². The van der Waals surface area contributed by atoms with E-state index in [4.69, 9.17) is 0 Å². The van der Waals surface area contributed by atoms with Gasteiger partial charge < -0.3 is 4.90 Å². The van der Waals surface area contributed by atoms with Crippen LogP contribution in [0.25, 0.3) is 0 Å². The molecule has 4 rings (SSSR count). The maximum atomic E-state index is 13.0. The number of carbonyl (C=O) groups is 1. The fraction of sp³-hybridized carbons (Fsp3) is 0.368. The van der Waals surface area contributed by atoms with E-state index in [9.17, 15) is 9.18 Å². The molecule has 1 aliphatic rings. The van der Waals surface area contributed by atoms with E-state index in [-0.39, 0.29) is 11.7 Å². The molecule has 0 bridgehead atoms. The van der Waals surface area contributed by atoms with Crippen molar-refractivity contribution in [2.45, 2.75) is 19.9 Å². The van der Waals surface area contributed by atoms with Crippen molar-refractivity contribution >= 4 is 5.91 Å². The monoisotopic (exact) mass is 368 g/mol. The second-order valence-corrected chi connectivity index (χ2v) is 7.11. The molecular weight excluding hydrogens is 347 g/mol. The standard InChI is InChI=1S/C19H21FN6O/c1-13-18(22-23-26(13)12-14-3-5-17(20)6-4-14)19(27)25-10-16(11-25)7-15-8-21-24(2)9-15/h3-6,8-9,16H,7,10-12H2,1-2H3. The number of amides is 1. The summed E-state index contributed by atoms with van der Waals surface area (Å²) in [6.45, 7) is 3.73. The number of rotatable bonds is 5. The zero-order valence-corrected chi connectivity index (χ0v) is 15.3. The molecule has 3 aromatic rings. The van der Waals surface area contributed by atoms with Gasteiger partial charge in [-0.15, -0.1) is 5.10 Å². The Labute approximate surface area is 156 Å². The summed E-state index contributed by atoms with van der Waals surface area (Å²) in [4.78, 5) is 14.5. The predicted molar refractivity (Wildman–Crippen MR) is 96.6 cm³/mol. The van der Waals surface area contributed by atoms with Crippen molar-refractivity contribution in [1.82, 2.24) is 29.7 Å². The highest BCUT2D eigenvalue weighted by molar-refractivity contribution is 5.93. The Balaban J connectivity index is 1.37. The highest BCUT2D eigenvalue weighted by Crippen LogP contribution is 2.23. The fourth-order valence-electron chi connectivity index (χ4n) is 3.40. The average molecular weight is 368 g/mol. The first-order valence-corrected chi connectivity index (χ1v) is 8.91. The Hall–Kier alpha value is -3.03. The minimum Gasteiger partial charge on any atom is -0.336 e. The van der Waals surface area contributed by atoms with E-state index < -0.39 is 0 Å². The van der Waals surface area contributed by atoms with Crippen LogP contribution in [0, 0.1) is 18.7 Å². The van der Waals surface area contributed by atoms with Gasteiger partial charge in [0.05, 0.1) is 18.4 Å². The maximum Gasteiger partial charge on any atom is 0.276 e. The molecule has 1 aromatic carbocycles. The number of hydrogen-bond donors (Lipinski definition) is 0. The number of aromatic nitrogens is 5. The van der Waals surface area contributed by atoms with Gasteiger partial charge in [-0.3, -0.25) is 9.48 Å². The molecule has 0 saturated carbocycles. The Morgan fingerprint density at radius 2 is 1.96 bits per heavy atom. The minimum absolute atomic E-state index is 0.0831. The van der Waals surface area contributed by atoms with Crippen LogP contribution >= 0.6 is 0 Å². The van der Waals surface area contributed by atoms with Crippen LogP contribution in [0.2, 0.25) is 0 Å². The smallest absolute Gasteiger partial charge is 0.276 e. The van der Waals surface area contributed by atoms with E-state index in [1.54, 1.807) is 26.4 Å². The first-order valence-electron chi connectivity index (χ1n) is 8.91. The first-order chi connectivity index (χ1) is 13.0. The molecule has 1 saturated heterocycles. The van der Waals surface area contributed by atoms with Gasteiger partial charge in [-0.05, 0) is 42.5 Å². The summed E-state index contributed by atoms with van der Waals surface area (Å²) in [5, 5.41) is 12.4. The summed E-state index contributed by atoms with van der Waals surface area (Å²) in [7, 11) is 1.90. The summed E-state index contributed by atoms with van der Waals surface area (Å²) < 4.78 is 16.5. The number of halogens is 1. The molecule has 0 unspecified atom stereocenters. The van der Waals surface area contributed by atoms with E-state index >= 15 is 0 Å². The third kappa shape index (κ3) is 3.60. The molecule has 7 nitrogen and oxygen atoms in total. The van der Waals surface area contributed by atoms with E-state index in [0.717, 1.165) is 30.8 Å². The van der Waals surface area contributed by atoms with Crippen molar-refractivity contribution in [1.29, 1.82) is 0 Å². The molecule has 0 radical (unpaired) electrons. The summed E-state index contributed by atoms with van der Waals surface area (Å²) >= 11 is 0. The molecular formula is C19H21FN6O. The van der Waals surface area contributed by atoms with Gasteiger partial charge in [-0.2, -0.15) is 5.10 Å². The molecule has 140 valence electrons. The van der Waals surface area contributed by atoms with Gasteiger partial charge in [0.25, 0.3) is 5.91 Å². The fourth-order valence-corrected chi connectivity index (χ4v) is 3.40. The lowest BCUT2D eigenvalue weighted by molar-refractivity contribution is 0.0494. The summed E-state index contributed by atoms with van der Waals surface area (Å²) in [6, 6.07) is 6.24. The van der Waals surface area contributed by atoms with Gasteiger partial charge in [0.2, 0.25) is 0 Å². The quantitative estimate of drug-likeness (QED) is 0.689. The van der Waals surface area contributed by atoms with E-state index in [1.807, 2.05) is 26.4 Å². The lowest BCUT2D eigenvalue weighted by Gasteiger charge is -2.38. The van der Waals surface area contributed by atoms with Crippen LogP contribution in [-0.4, -0.2) is 48.7 Å². The zero-order chi connectivity index (χ0) is 19.0. The van der Waals surface area contributed by atoms with Crippen LogP contribution in [0.3, 0.4) is 0 Å². The van der Waals surface area contributed by atoms with Crippen molar-refractivity contribution in [3.8, 4) is 0 Å². The number of nitrogens with zero attached hydrogens (tertiary/aromatic N) is 6. The Bertz CT molecular complexity index is 955. The zero-order valence-electron chi connectivity index (χ0n) is 15.3. The number of likely N-dealkylation sites (tertiary alicyclic amines) is 1. The lowest BCUT2D eigenvalue weighted by Crippen LogP contribution is -2.51. The number of aryl methyl sites for hydroxylation is 1. The molecule has 1 amide bonds. The van der Waals surface area contributed by atoms with Crippen LogP contribution < -0.4 is 0 Å². The van der Waals surface area contributed by atoms with Gasteiger partial charge in [-0.25, -0.2) is 9.07 Å². The second kappa shape index (κ2) is 6.94. The molecule has 0 aliphatic carbocycles. The minimum atomic E-state index is -0.274. The van der Waals surface area contributed by atoms with Gasteiger partial charge >= 0.3 is 0 Å². The number of hydrogen-bond acceptors (Lipinski definition) is 4. The summed E-state index contributed by atoms with van der Waals surface area (Å²) in [6.07, 6.45) is 4.80. The van der Waals surface area contributed by atoms with E-state index in [1.165, 1.54) is 17.7 Å². The SMILES string of the molecule is Cc1c(C(=O)N2CC(Cc3cnn(C)c3)C2)nnn1Cc1ccc(F)cc1. The Morgan fingerprint density at radius 3 is 2.63 bits per heavy atom. The van der Waals surface area contributed by atoms with Crippen molar-refractivity contribution < 1.29 is 9.18 Å². The van der Waals surface area contributed by atoms with Gasteiger partial charge in [0, 0.05) is 26.3 Å². The predicted octanol–water partition coefficient (Wildman–Crippen LogP) is 1.82. The number of carbonyl (C=O) groups excluding carboxylic acids is 1. The highest BCUT2D eigenvalue weighted by Gasteiger charge is 2.33. The third-order valence-corrected chi connectivity index (χ3v) is 4.96. The lowest BCUT2D eigenvalue weighted by atomic mass is 9.93. The molecule has 8 heteroatoms. The van der Waals surface area contributed by atoms with Crippen LogP contribution in [-0.2, 0) is 20.0 Å². The molecule has 0 spiro atoms. The van der Waals surface area contributed by atoms with Crippen molar-refractivity contribution in [2.75, 3.05) is 13.1 Å². The largest absolute Gasteiger partial charge is 0.336 e. The van der Waals surface area contributed by atoms with Gasteiger partial charge in [-0.1, -0.05) is 17.3 Å². The molecule has 1 fully saturated rings. The van der Waals surface area contributed by atoms with E-state index in [0.29, 0.717) is 18.2 Å². The van der Waals surface area contributed by atoms with Gasteiger partial charge in [0.1, 0.15) is 5.82 Å². The second-order valence-electron chi connectivity index (χ2n) is 7.11. The van der Waals surface area contributed by atoms with Crippen LogP contribution in [0.1, 0.15) is 27.3 Å². The topological polar surface area (TPSA) is 68.8 Å². The van der Waals surface area contributed by atoms with E-state index in [2.05, 4.69) is 15.4 Å². The molecule has 27 heavy (non-hydrogen) atoms. The Morgan fingerprint density at radius 1 is 1.22 bits per heavy atom. The molecule has 0 atom stereocenters. The van der Waals surface area contributed by atoms with Crippen LogP contribution in [0.15, 0.2) is 36.7 Å². The highest BCUT2D eigenvalue weighted by atomic mass is 19.1. The summed E-state index contributed by atoms with van der Waals surface area (Å²) in [5.41, 5.74) is 3.21. The van der Waals surface area contributed by atoms with Crippen LogP contribution in [0.5, 0.6) is 0 Å². The van der Waals surface area contributed by atoms with Crippen LogP contribution in [0.4, 0.5) is 4.39 Å². The normalized spacial score (nSPS) is 14.4. The van der Waals surface area contributed by atoms with Crippen molar-refractivity contribution in [2.24, 2.45) is 13.0 Å². The molecule has 2 aromatic heterocycles. The molecule has 1 aliphatic heterocycles. The van der Waals surface area contributed by atoms with Gasteiger partial charge in [0.15, 0.2) is 5.69 Å². The Kier molecular flexibility index (Phi) is 4.47. The first kappa shape index (κ1) is 17.4. The number of benzene rings is 1. The molecule has 0 N–H and O–H groups in total.